The monoisotopic (exact) mass is 392 g/mol. The van der Waals surface area contributed by atoms with E-state index in [1.807, 2.05) is 0 Å². The number of hydrogen-bond acceptors (Lipinski definition) is 4. The predicted octanol–water partition coefficient (Wildman–Crippen LogP) is 3.78. The molecular formula is C15H19ClO6P2. The lowest BCUT2D eigenvalue weighted by Gasteiger charge is -2.04. The van der Waals surface area contributed by atoms with Gasteiger partial charge in [-0.3, -0.25) is 18.2 Å². The fourth-order valence-corrected chi connectivity index (χ4v) is 2.73. The van der Waals surface area contributed by atoms with Gasteiger partial charge in [0.2, 0.25) is 0 Å². The highest BCUT2D eigenvalue weighted by molar-refractivity contribution is 7.33. The van der Waals surface area contributed by atoms with Crippen LogP contribution in [0.5, 0.6) is 0 Å². The van der Waals surface area contributed by atoms with Crippen LogP contribution in [0.3, 0.4) is 0 Å². The predicted molar refractivity (Wildman–Crippen MR) is 94.5 cm³/mol. The van der Waals surface area contributed by atoms with E-state index >= 15 is 0 Å². The van der Waals surface area contributed by atoms with Gasteiger partial charge in [0, 0.05) is 0 Å². The molecule has 2 aromatic carbocycles. The Morgan fingerprint density at radius 2 is 1.12 bits per heavy atom. The number of aryl methyl sites for hydroxylation is 2. The Balaban J connectivity index is 0.000000257. The number of benzene rings is 2. The maximum Gasteiger partial charge on any atom is 0.319 e. The van der Waals surface area contributed by atoms with Gasteiger partial charge in [0.15, 0.2) is 0 Å². The summed E-state index contributed by atoms with van der Waals surface area (Å²) in [6.45, 7) is 0. The molecule has 0 bridgehead atoms. The summed E-state index contributed by atoms with van der Waals surface area (Å²) >= 11 is 4.96. The summed E-state index contributed by atoms with van der Waals surface area (Å²) in [5, 5.41) is 0. The first kappa shape index (κ1) is 21.1. The molecule has 2 aromatic rings. The molecule has 9 heteroatoms. The van der Waals surface area contributed by atoms with Gasteiger partial charge in [-0.15, -0.1) is 0 Å². The van der Waals surface area contributed by atoms with Gasteiger partial charge < -0.3 is 9.79 Å². The van der Waals surface area contributed by atoms with Gasteiger partial charge in [-0.1, -0.05) is 72.3 Å². The zero-order valence-electron chi connectivity index (χ0n) is 12.7. The lowest BCUT2D eigenvalue weighted by atomic mass is 10.0. The molecule has 0 aliphatic rings. The number of hydrogen-bond donors (Lipinski definition) is 2. The van der Waals surface area contributed by atoms with Crippen molar-refractivity contribution in [2.24, 2.45) is 0 Å². The van der Waals surface area contributed by atoms with E-state index in [0.29, 0.717) is 0 Å². The minimum Gasteiger partial charge on any atom is -0.326 e. The van der Waals surface area contributed by atoms with Crippen molar-refractivity contribution in [3.8, 4) is 0 Å². The lowest BCUT2D eigenvalue weighted by molar-refractivity contribution is 0.0711. The Labute approximate surface area is 146 Å². The normalized spacial score (nSPS) is 14.1. The second-order valence-corrected chi connectivity index (χ2v) is 6.40. The number of alkyl halides is 1. The van der Waals surface area contributed by atoms with Crippen LogP contribution in [0.15, 0.2) is 60.7 Å². The van der Waals surface area contributed by atoms with Crippen LogP contribution >= 0.6 is 28.1 Å². The van der Waals surface area contributed by atoms with Crippen LogP contribution in [-0.2, 0) is 31.0 Å². The van der Waals surface area contributed by atoms with E-state index in [1.165, 1.54) is 11.1 Å². The average Bonchev–Trinajstić information content (AvgIpc) is 2.54. The van der Waals surface area contributed by atoms with Crippen molar-refractivity contribution in [2.45, 2.75) is 18.6 Å². The summed E-state index contributed by atoms with van der Waals surface area (Å²) in [6, 6.07) is 21.2. The second kappa shape index (κ2) is 12.4. The summed E-state index contributed by atoms with van der Waals surface area (Å²) in [6.07, 6.45) is 2.26. The van der Waals surface area contributed by atoms with Gasteiger partial charge in [0.1, 0.15) is 0 Å². The van der Waals surface area contributed by atoms with E-state index in [1.54, 1.807) is 0 Å². The van der Waals surface area contributed by atoms with Gasteiger partial charge >= 0.3 is 16.5 Å². The number of rotatable bonds is 7. The van der Waals surface area contributed by atoms with E-state index in [9.17, 15) is 9.13 Å². The van der Waals surface area contributed by atoms with Crippen molar-refractivity contribution < 1.29 is 28.0 Å². The summed E-state index contributed by atoms with van der Waals surface area (Å²) in [4.78, 5) is 16.0. The molecule has 0 saturated carbocycles. The molecule has 0 fully saturated rings. The summed E-state index contributed by atoms with van der Waals surface area (Å²) < 4.78 is 27.4. The van der Waals surface area contributed by atoms with Crippen LogP contribution < -0.4 is 0 Å². The Morgan fingerprint density at radius 1 is 0.792 bits per heavy atom. The first-order chi connectivity index (χ1) is 11.5. The second-order valence-electron chi connectivity index (χ2n) is 4.51. The molecule has 2 N–H and O–H groups in total. The molecule has 2 atom stereocenters. The van der Waals surface area contributed by atoms with Crippen molar-refractivity contribution in [1.29, 1.82) is 0 Å². The Hall–Kier alpha value is -0.970. The van der Waals surface area contributed by atoms with Gasteiger partial charge in [0.25, 0.3) is 5.75 Å². The highest BCUT2D eigenvalue weighted by Gasteiger charge is 2.09. The van der Waals surface area contributed by atoms with E-state index in [4.69, 9.17) is 21.4 Å². The third-order valence-corrected chi connectivity index (χ3v) is 4.08. The molecule has 0 radical (unpaired) electrons. The molecule has 6 nitrogen and oxygen atoms in total. The van der Waals surface area contributed by atoms with Crippen molar-refractivity contribution in [3.63, 3.8) is 0 Å². The summed E-state index contributed by atoms with van der Waals surface area (Å²) in [5.74, 6) is -1.65. The molecule has 24 heavy (non-hydrogen) atoms. The summed E-state index contributed by atoms with van der Waals surface area (Å²) in [5.41, 5.74) is 2.83. The molecular weight excluding hydrogens is 374 g/mol. The Bertz CT molecular complexity index is 571. The van der Waals surface area contributed by atoms with E-state index in [2.05, 4.69) is 69.7 Å². The van der Waals surface area contributed by atoms with E-state index in [0.717, 1.165) is 12.8 Å². The molecule has 132 valence electrons. The van der Waals surface area contributed by atoms with Crippen molar-refractivity contribution in [1.82, 2.24) is 0 Å². The van der Waals surface area contributed by atoms with E-state index in [-0.39, 0.29) is 0 Å². The molecule has 0 spiro atoms. The average molecular weight is 393 g/mol. The van der Waals surface area contributed by atoms with Crippen LogP contribution in [0.2, 0.25) is 0 Å². The van der Waals surface area contributed by atoms with Gasteiger partial charge in [-0.25, -0.2) is 0 Å². The maximum atomic E-state index is 9.82. The zero-order chi connectivity index (χ0) is 17.8. The highest BCUT2D eigenvalue weighted by Crippen LogP contribution is 2.27. The Kier molecular flexibility index (Phi) is 10.9. The molecule has 0 aromatic heterocycles. The SMILES string of the molecule is O=[PH](O)OC(Cl)O[PH](=O)O.c1ccc(CCc2ccccc2)cc1. The van der Waals surface area contributed by atoms with Crippen molar-refractivity contribution >= 4 is 28.1 Å². The fraction of sp³-hybridized carbons (Fsp3) is 0.200. The van der Waals surface area contributed by atoms with Crippen molar-refractivity contribution in [2.75, 3.05) is 0 Å². The van der Waals surface area contributed by atoms with Gasteiger partial charge in [-0.05, 0) is 24.0 Å². The fourth-order valence-electron chi connectivity index (χ4n) is 1.76. The lowest BCUT2D eigenvalue weighted by Crippen LogP contribution is -1.99. The molecule has 0 aliphatic heterocycles. The quantitative estimate of drug-likeness (QED) is 0.423. The van der Waals surface area contributed by atoms with E-state index < -0.39 is 22.3 Å². The van der Waals surface area contributed by atoms with Crippen molar-refractivity contribution in [3.05, 3.63) is 71.8 Å². The third kappa shape index (κ3) is 10.7. The third-order valence-electron chi connectivity index (χ3n) is 2.77. The minimum atomic E-state index is -3.22. The topological polar surface area (TPSA) is 93.1 Å². The van der Waals surface area contributed by atoms with Crippen LogP contribution in [-0.4, -0.2) is 15.5 Å². The van der Waals surface area contributed by atoms with Crippen LogP contribution in [0.4, 0.5) is 0 Å². The molecule has 2 unspecified atom stereocenters. The first-order valence-electron chi connectivity index (χ1n) is 6.98. The van der Waals surface area contributed by atoms with Crippen LogP contribution in [0.1, 0.15) is 11.1 Å². The number of halogens is 1. The largest absolute Gasteiger partial charge is 0.326 e. The van der Waals surface area contributed by atoms with Crippen LogP contribution in [0.25, 0.3) is 0 Å². The standard InChI is InChI=1S/C14H14.CH5ClO6P2/c1-3-7-13(8-4-1)11-12-14-9-5-2-6-10-14;2-1(7-9(3)4)8-10(5)6/h1-10H,11-12H2;1,9-10H,(H,3,4)(H,5,6). The molecule has 0 saturated heterocycles. The smallest absolute Gasteiger partial charge is 0.319 e. The molecule has 2 rings (SSSR count). The molecule has 0 aliphatic carbocycles. The van der Waals surface area contributed by atoms with Gasteiger partial charge in [0.05, 0.1) is 0 Å². The van der Waals surface area contributed by atoms with Crippen LogP contribution in [0, 0.1) is 0 Å². The van der Waals surface area contributed by atoms with Gasteiger partial charge in [-0.2, -0.15) is 0 Å². The molecule has 0 amide bonds. The Morgan fingerprint density at radius 3 is 1.42 bits per heavy atom. The summed E-state index contributed by atoms with van der Waals surface area (Å²) in [7, 11) is -6.44. The first-order valence-corrected chi connectivity index (χ1v) is 9.95. The maximum absolute atomic E-state index is 9.82. The minimum absolute atomic E-state index is 1.13. The highest BCUT2D eigenvalue weighted by atomic mass is 35.5. The molecule has 0 heterocycles. The zero-order valence-corrected chi connectivity index (χ0v) is 15.4.